The van der Waals surface area contributed by atoms with Crippen LogP contribution in [0.25, 0.3) is 0 Å². The quantitative estimate of drug-likeness (QED) is 0.443. The second-order valence-corrected chi connectivity index (χ2v) is 7.50. The average Bonchev–Trinajstić information content (AvgIpc) is 2.84. The van der Waals surface area contributed by atoms with Crippen molar-refractivity contribution < 1.29 is 29.3 Å². The van der Waals surface area contributed by atoms with Crippen molar-refractivity contribution in [3.05, 3.63) is 35.5 Å². The minimum absolute atomic E-state index is 0.117. The summed E-state index contributed by atoms with van der Waals surface area (Å²) in [6, 6.07) is 0. The Morgan fingerprint density at radius 3 is 2.77 bits per heavy atom. The molecule has 0 aromatic rings. The van der Waals surface area contributed by atoms with Crippen LogP contribution in [0.2, 0.25) is 0 Å². The highest BCUT2D eigenvalue weighted by atomic mass is 16.6. The van der Waals surface area contributed by atoms with E-state index in [1.807, 2.05) is 0 Å². The van der Waals surface area contributed by atoms with Gasteiger partial charge in [-0.05, 0) is 52.2 Å². The number of aliphatic hydroxyl groups excluding tert-OH is 1. The van der Waals surface area contributed by atoms with Crippen molar-refractivity contribution in [3.8, 4) is 0 Å². The van der Waals surface area contributed by atoms with Crippen molar-refractivity contribution >= 4 is 11.9 Å². The normalized spacial score (nSPS) is 38.1. The fourth-order valence-corrected chi connectivity index (χ4v) is 3.35. The van der Waals surface area contributed by atoms with Crippen LogP contribution in [0.3, 0.4) is 0 Å². The minimum Gasteiger partial charge on any atom is -0.458 e. The number of aliphatic hydroxyl groups is 2. The molecule has 0 bridgehead atoms. The summed E-state index contributed by atoms with van der Waals surface area (Å²) in [5.41, 5.74) is 0.121. The summed E-state index contributed by atoms with van der Waals surface area (Å²) < 4.78 is 11.0. The minimum atomic E-state index is -1.18. The maximum absolute atomic E-state index is 12.3. The molecule has 2 N–H and O–H groups in total. The summed E-state index contributed by atoms with van der Waals surface area (Å²) in [5, 5.41) is 21.0. The van der Waals surface area contributed by atoms with Gasteiger partial charge in [0.1, 0.15) is 12.2 Å². The van der Waals surface area contributed by atoms with E-state index in [-0.39, 0.29) is 12.0 Å². The molecule has 0 aromatic heterocycles. The van der Waals surface area contributed by atoms with Gasteiger partial charge in [0.2, 0.25) is 0 Å². The second-order valence-electron chi connectivity index (χ2n) is 7.50. The zero-order chi connectivity index (χ0) is 19.6. The van der Waals surface area contributed by atoms with Crippen LogP contribution >= 0.6 is 0 Å². The lowest BCUT2D eigenvalue weighted by molar-refractivity contribution is -0.151. The summed E-state index contributed by atoms with van der Waals surface area (Å²) >= 11 is 0. The molecule has 144 valence electrons. The Morgan fingerprint density at radius 1 is 1.50 bits per heavy atom. The van der Waals surface area contributed by atoms with Gasteiger partial charge in [0.15, 0.2) is 0 Å². The molecule has 26 heavy (non-hydrogen) atoms. The van der Waals surface area contributed by atoms with Crippen LogP contribution in [-0.4, -0.2) is 46.1 Å². The molecule has 1 fully saturated rings. The molecular weight excluding hydrogens is 336 g/mol. The zero-order valence-electron chi connectivity index (χ0n) is 15.8. The Bertz CT molecular complexity index is 657. The second kappa shape index (κ2) is 7.76. The molecule has 1 aliphatic heterocycles. The van der Waals surface area contributed by atoms with Crippen LogP contribution in [0.15, 0.2) is 35.5 Å². The number of hydrogen-bond acceptors (Lipinski definition) is 6. The molecule has 0 saturated carbocycles. The summed E-state index contributed by atoms with van der Waals surface area (Å²) in [6.07, 6.45) is 1.94. The van der Waals surface area contributed by atoms with Gasteiger partial charge in [0.25, 0.3) is 0 Å². The lowest BCUT2D eigenvalue weighted by atomic mass is 9.80. The molecule has 6 nitrogen and oxygen atoms in total. The van der Waals surface area contributed by atoms with E-state index in [0.717, 1.165) is 0 Å². The molecular formula is C20H28O6. The molecule has 2 rings (SSSR count). The number of allylic oxidation sites excluding steroid dienone is 1. The number of rotatable bonds is 2. The number of ether oxygens (including phenoxy) is 2. The predicted molar refractivity (Wildman–Crippen MR) is 96.1 cm³/mol. The molecule has 2 aliphatic rings. The highest BCUT2D eigenvalue weighted by molar-refractivity contribution is 5.92. The van der Waals surface area contributed by atoms with Crippen LogP contribution in [0, 0.1) is 5.92 Å². The SMILES string of the molecule is C=C1C(=O)O[C@@H]2/C=C(/C)[C@@H](O)CC[C@](C)(O)C[C@@H](OC(=O)/C(C)=C/C)[C@H]12. The van der Waals surface area contributed by atoms with Gasteiger partial charge in [-0.15, -0.1) is 0 Å². The maximum atomic E-state index is 12.3. The van der Waals surface area contributed by atoms with E-state index in [0.29, 0.717) is 24.0 Å². The van der Waals surface area contributed by atoms with E-state index in [1.54, 1.807) is 39.8 Å². The predicted octanol–water partition coefficient (Wildman–Crippen LogP) is 2.20. The monoisotopic (exact) mass is 364 g/mol. The summed E-state index contributed by atoms with van der Waals surface area (Å²) in [4.78, 5) is 24.4. The van der Waals surface area contributed by atoms with Gasteiger partial charge in [-0.3, -0.25) is 0 Å². The first-order chi connectivity index (χ1) is 12.1. The molecule has 6 heteroatoms. The van der Waals surface area contributed by atoms with Crippen LogP contribution in [-0.2, 0) is 19.1 Å². The van der Waals surface area contributed by atoms with E-state index >= 15 is 0 Å². The number of fused-ring (bicyclic) bond motifs is 1. The fraction of sp³-hybridized carbons (Fsp3) is 0.600. The third-order valence-corrected chi connectivity index (χ3v) is 5.23. The molecule has 5 atom stereocenters. The van der Waals surface area contributed by atoms with E-state index in [2.05, 4.69) is 6.58 Å². The molecule has 0 amide bonds. The first-order valence-electron chi connectivity index (χ1n) is 8.88. The largest absolute Gasteiger partial charge is 0.458 e. The fourth-order valence-electron chi connectivity index (χ4n) is 3.35. The summed E-state index contributed by atoms with van der Waals surface area (Å²) in [6.45, 7) is 10.6. The molecule has 1 aliphatic carbocycles. The molecule has 1 heterocycles. The van der Waals surface area contributed by atoms with Crippen LogP contribution < -0.4 is 0 Å². The van der Waals surface area contributed by atoms with E-state index in [1.165, 1.54) is 0 Å². The van der Waals surface area contributed by atoms with Crippen molar-refractivity contribution in [2.45, 2.75) is 70.9 Å². The molecule has 0 radical (unpaired) electrons. The van der Waals surface area contributed by atoms with E-state index in [4.69, 9.17) is 9.47 Å². The standard InChI is InChI=1S/C20H28O6/c1-6-11(2)18(22)26-16-10-20(5,24)8-7-14(21)12(3)9-15-17(16)13(4)19(23)25-15/h6,9,14-17,21,24H,4,7-8,10H2,1-3,5H3/b11-6+,12-9-/t14-,15+,16+,17+,20-/m0/s1. The van der Waals surface area contributed by atoms with Crippen LogP contribution in [0.4, 0.5) is 0 Å². The Balaban J connectivity index is 2.45. The van der Waals surface area contributed by atoms with E-state index < -0.39 is 41.8 Å². The first kappa shape index (κ1) is 20.4. The highest BCUT2D eigenvalue weighted by Gasteiger charge is 2.47. The van der Waals surface area contributed by atoms with Crippen molar-refractivity contribution in [1.29, 1.82) is 0 Å². The van der Waals surface area contributed by atoms with Crippen molar-refractivity contribution in [2.75, 3.05) is 0 Å². The zero-order valence-corrected chi connectivity index (χ0v) is 15.8. The molecule has 1 saturated heterocycles. The number of esters is 2. The lowest BCUT2D eigenvalue weighted by Gasteiger charge is -2.34. The maximum Gasteiger partial charge on any atom is 0.334 e. The highest BCUT2D eigenvalue weighted by Crippen LogP contribution is 2.38. The van der Waals surface area contributed by atoms with Gasteiger partial charge < -0.3 is 19.7 Å². The number of carbonyl (C=O) groups excluding carboxylic acids is 2. The molecule has 0 unspecified atom stereocenters. The van der Waals surface area contributed by atoms with Gasteiger partial charge in [-0.2, -0.15) is 0 Å². The van der Waals surface area contributed by atoms with Gasteiger partial charge in [-0.1, -0.05) is 12.7 Å². The van der Waals surface area contributed by atoms with Gasteiger partial charge in [0.05, 0.1) is 17.6 Å². The lowest BCUT2D eigenvalue weighted by Crippen LogP contribution is -2.41. The van der Waals surface area contributed by atoms with Crippen LogP contribution in [0.5, 0.6) is 0 Å². The van der Waals surface area contributed by atoms with Gasteiger partial charge in [0, 0.05) is 17.6 Å². The van der Waals surface area contributed by atoms with Gasteiger partial charge in [-0.25, -0.2) is 9.59 Å². The van der Waals surface area contributed by atoms with Crippen LogP contribution in [0.1, 0.15) is 47.0 Å². The summed E-state index contributed by atoms with van der Waals surface area (Å²) in [5.74, 6) is -1.67. The Morgan fingerprint density at radius 2 is 2.15 bits per heavy atom. The van der Waals surface area contributed by atoms with E-state index in [9.17, 15) is 19.8 Å². The van der Waals surface area contributed by atoms with Gasteiger partial charge >= 0.3 is 11.9 Å². The Kier molecular flexibility index (Phi) is 6.09. The third-order valence-electron chi connectivity index (χ3n) is 5.23. The summed E-state index contributed by atoms with van der Waals surface area (Å²) in [7, 11) is 0. The smallest absolute Gasteiger partial charge is 0.334 e. The third kappa shape index (κ3) is 4.43. The van der Waals surface area contributed by atoms with Crippen molar-refractivity contribution in [3.63, 3.8) is 0 Å². The molecule has 0 aromatic carbocycles. The van der Waals surface area contributed by atoms with Crippen molar-refractivity contribution in [1.82, 2.24) is 0 Å². The Hall–Kier alpha value is -1.92. The number of hydrogen-bond donors (Lipinski definition) is 2. The van der Waals surface area contributed by atoms with Crippen molar-refractivity contribution in [2.24, 2.45) is 5.92 Å². The Labute approximate surface area is 154 Å². The first-order valence-corrected chi connectivity index (χ1v) is 8.88. The molecule has 0 spiro atoms. The number of carbonyl (C=O) groups is 2. The average molecular weight is 364 g/mol. The topological polar surface area (TPSA) is 93.1 Å².